The van der Waals surface area contributed by atoms with Gasteiger partial charge in [-0.05, 0) is 54.7 Å². The van der Waals surface area contributed by atoms with Crippen molar-refractivity contribution < 1.29 is 28.0 Å². The molecule has 0 saturated carbocycles. The van der Waals surface area contributed by atoms with Crippen molar-refractivity contribution in [1.29, 1.82) is 0 Å². The Hall–Kier alpha value is -4.14. The topological polar surface area (TPSA) is 95.6 Å². The zero-order valence-corrected chi connectivity index (χ0v) is 18.8. The molecule has 4 rings (SSSR count). The van der Waals surface area contributed by atoms with Crippen molar-refractivity contribution in [2.75, 3.05) is 5.32 Å². The minimum Gasteiger partial charge on any atom is -0.351 e. The second kappa shape index (κ2) is 10.0. The molecule has 0 radical (unpaired) electrons. The number of nitrogens with zero attached hydrogens (tertiary/aromatic N) is 1. The summed E-state index contributed by atoms with van der Waals surface area (Å²) in [4.78, 5) is 50.8. The van der Waals surface area contributed by atoms with E-state index in [1.165, 1.54) is 6.07 Å². The maximum atomic E-state index is 13.3. The minimum atomic E-state index is -0.989. The molecule has 1 unspecified atom stereocenters. The number of hydrogen-bond acceptors (Lipinski definition) is 5. The van der Waals surface area contributed by atoms with Crippen molar-refractivity contribution in [2.45, 2.75) is 38.1 Å². The average Bonchev–Trinajstić information content (AvgIpc) is 3.08. The first-order valence-corrected chi connectivity index (χ1v) is 11.1. The maximum absolute atomic E-state index is 13.3. The first kappa shape index (κ1) is 24.0. The Bertz CT molecular complexity index is 1270. The van der Waals surface area contributed by atoms with Crippen LogP contribution in [0.25, 0.3) is 0 Å². The lowest BCUT2D eigenvalue weighted by atomic mass is 10.0. The normalized spacial score (nSPS) is 17.9. The molecule has 1 fully saturated rings. The molecule has 3 amide bonds. The lowest BCUT2D eigenvalue weighted by Crippen LogP contribution is -2.52. The fourth-order valence-electron chi connectivity index (χ4n) is 4.09. The number of piperidine rings is 1. The van der Waals surface area contributed by atoms with Crippen molar-refractivity contribution >= 4 is 29.2 Å². The lowest BCUT2D eigenvalue weighted by Gasteiger charge is -2.29. The number of carbonyl (C=O) groups excluding carboxylic acids is 4. The Morgan fingerprint density at radius 2 is 1.89 bits per heavy atom. The van der Waals surface area contributed by atoms with E-state index >= 15 is 0 Å². The zero-order valence-electron chi connectivity index (χ0n) is 18.8. The molecule has 2 heterocycles. The van der Waals surface area contributed by atoms with E-state index in [0.29, 0.717) is 36.2 Å². The van der Waals surface area contributed by atoms with Crippen LogP contribution >= 0.6 is 0 Å². The van der Waals surface area contributed by atoms with Crippen LogP contribution in [0.1, 0.15) is 30.4 Å². The van der Waals surface area contributed by atoms with Crippen molar-refractivity contribution in [1.82, 2.24) is 10.2 Å². The Morgan fingerprint density at radius 3 is 2.63 bits per heavy atom. The van der Waals surface area contributed by atoms with Gasteiger partial charge in [0.05, 0.1) is 0 Å². The fourth-order valence-corrected chi connectivity index (χ4v) is 4.09. The number of imide groups is 1. The second-order valence-corrected chi connectivity index (χ2v) is 8.51. The Kier molecular flexibility index (Phi) is 6.86. The van der Waals surface area contributed by atoms with E-state index in [2.05, 4.69) is 17.2 Å². The molecule has 2 aromatic carbocycles. The Morgan fingerprint density at radius 1 is 1.09 bits per heavy atom. The van der Waals surface area contributed by atoms with Crippen LogP contribution in [0.3, 0.4) is 0 Å². The van der Waals surface area contributed by atoms with Gasteiger partial charge in [0, 0.05) is 30.3 Å². The number of halogens is 2. The number of amides is 3. The van der Waals surface area contributed by atoms with Crippen LogP contribution in [0.15, 0.2) is 66.5 Å². The zero-order chi connectivity index (χ0) is 25.1. The number of hydrogen-bond donors (Lipinski definition) is 2. The van der Waals surface area contributed by atoms with E-state index < -0.39 is 35.4 Å². The molecule has 0 aliphatic carbocycles. The first-order chi connectivity index (χ1) is 16.7. The molecule has 7 nitrogen and oxygen atoms in total. The Labute approximate surface area is 200 Å². The number of rotatable bonds is 8. The number of aryl methyl sites for hydroxylation is 1. The van der Waals surface area contributed by atoms with Gasteiger partial charge in [-0.1, -0.05) is 24.8 Å². The van der Waals surface area contributed by atoms with Gasteiger partial charge in [0.25, 0.3) is 11.8 Å². The van der Waals surface area contributed by atoms with Crippen LogP contribution in [-0.2, 0) is 32.0 Å². The smallest absolute Gasteiger partial charge is 0.278 e. The summed E-state index contributed by atoms with van der Waals surface area (Å²) in [6.07, 6.45) is 2.55. The summed E-state index contributed by atoms with van der Waals surface area (Å²) in [5.41, 5.74) is 2.37. The summed E-state index contributed by atoms with van der Waals surface area (Å²) in [5, 5.41) is 5.51. The third-order valence-electron chi connectivity index (χ3n) is 5.87. The van der Waals surface area contributed by atoms with Gasteiger partial charge in [-0.2, -0.15) is 0 Å². The monoisotopic (exact) mass is 479 g/mol. The van der Waals surface area contributed by atoms with E-state index in [4.69, 9.17) is 0 Å². The molecule has 2 aromatic rings. The highest BCUT2D eigenvalue weighted by Gasteiger charge is 2.41. The second-order valence-electron chi connectivity index (χ2n) is 8.51. The average molecular weight is 479 g/mol. The lowest BCUT2D eigenvalue weighted by molar-refractivity contribution is -0.146. The molecule has 0 bridgehead atoms. The molecule has 180 valence electrons. The highest BCUT2D eigenvalue weighted by atomic mass is 19.2. The molecule has 2 aliphatic rings. The standard InChI is InChI=1S/C26H23F2N3O4/c1-15-5-10-23(25(34)29-15)31-24(33)14-22(26(31)35)30-18-4-2-3-16(11-18)6-8-19(32)12-17-7-9-20(27)21(28)13-17/h2-4,7,9,11,13-14,23,30H,1,5-6,8,10,12H2,(H,29,34). The van der Waals surface area contributed by atoms with Crippen LogP contribution in [0.4, 0.5) is 14.5 Å². The van der Waals surface area contributed by atoms with Crippen LogP contribution < -0.4 is 10.6 Å². The molecule has 2 N–H and O–H groups in total. The molecule has 1 saturated heterocycles. The van der Waals surface area contributed by atoms with Gasteiger partial charge in [0.15, 0.2) is 11.6 Å². The SMILES string of the molecule is C=C1CCC(N2C(=O)C=C(Nc3cccc(CCC(=O)Cc4ccc(F)c(F)c4)c3)C2=O)C(=O)N1. The van der Waals surface area contributed by atoms with Gasteiger partial charge in [-0.25, -0.2) is 8.78 Å². The van der Waals surface area contributed by atoms with E-state index in [9.17, 15) is 28.0 Å². The third kappa shape index (κ3) is 5.51. The molecule has 2 aliphatic heterocycles. The summed E-state index contributed by atoms with van der Waals surface area (Å²) in [6, 6.07) is 9.54. The molecule has 0 spiro atoms. The van der Waals surface area contributed by atoms with Gasteiger partial charge in [-0.3, -0.25) is 24.1 Å². The molecular weight excluding hydrogens is 456 g/mol. The van der Waals surface area contributed by atoms with Crippen LogP contribution in [0.5, 0.6) is 0 Å². The molecule has 9 heteroatoms. The van der Waals surface area contributed by atoms with E-state index in [1.54, 1.807) is 18.2 Å². The Balaban J connectivity index is 1.35. The number of allylic oxidation sites excluding steroid dienone is 1. The van der Waals surface area contributed by atoms with Crippen molar-refractivity contribution in [3.63, 3.8) is 0 Å². The van der Waals surface area contributed by atoms with E-state index in [1.807, 2.05) is 6.07 Å². The molecule has 35 heavy (non-hydrogen) atoms. The van der Waals surface area contributed by atoms with Gasteiger partial charge in [0.1, 0.15) is 17.5 Å². The molecule has 1 atom stereocenters. The predicted octanol–water partition coefficient (Wildman–Crippen LogP) is 3.17. The maximum Gasteiger partial charge on any atom is 0.278 e. The quantitative estimate of drug-likeness (QED) is 0.567. The predicted molar refractivity (Wildman–Crippen MR) is 124 cm³/mol. The minimum absolute atomic E-state index is 0.00341. The van der Waals surface area contributed by atoms with Gasteiger partial charge < -0.3 is 10.6 Å². The van der Waals surface area contributed by atoms with Crippen LogP contribution in [-0.4, -0.2) is 34.4 Å². The van der Waals surface area contributed by atoms with Gasteiger partial charge >= 0.3 is 0 Å². The first-order valence-electron chi connectivity index (χ1n) is 11.1. The largest absolute Gasteiger partial charge is 0.351 e. The van der Waals surface area contributed by atoms with Gasteiger partial charge in [-0.15, -0.1) is 0 Å². The van der Waals surface area contributed by atoms with E-state index in [-0.39, 0.29) is 24.3 Å². The molecule has 0 aromatic heterocycles. The summed E-state index contributed by atoms with van der Waals surface area (Å²) in [7, 11) is 0. The molecular formula is C26H23F2N3O4. The number of anilines is 1. The van der Waals surface area contributed by atoms with Crippen LogP contribution in [0.2, 0.25) is 0 Å². The van der Waals surface area contributed by atoms with Gasteiger partial charge in [0.2, 0.25) is 5.91 Å². The van der Waals surface area contributed by atoms with E-state index in [0.717, 1.165) is 28.7 Å². The van der Waals surface area contributed by atoms with Crippen molar-refractivity contribution in [3.8, 4) is 0 Å². The highest BCUT2D eigenvalue weighted by molar-refractivity contribution is 6.19. The number of ketones is 1. The number of carbonyl (C=O) groups is 4. The third-order valence-corrected chi connectivity index (χ3v) is 5.87. The highest BCUT2D eigenvalue weighted by Crippen LogP contribution is 2.24. The van der Waals surface area contributed by atoms with Crippen molar-refractivity contribution in [3.05, 3.63) is 89.3 Å². The summed E-state index contributed by atoms with van der Waals surface area (Å²) in [6.45, 7) is 3.70. The summed E-state index contributed by atoms with van der Waals surface area (Å²) < 4.78 is 26.4. The van der Waals surface area contributed by atoms with Crippen molar-refractivity contribution in [2.24, 2.45) is 0 Å². The number of benzene rings is 2. The fraction of sp³-hybridized carbons (Fsp3) is 0.231. The number of nitrogens with one attached hydrogen (secondary N) is 2. The number of Topliss-reactive ketones (excluding diaryl/α,β-unsaturated/α-hetero) is 1. The summed E-state index contributed by atoms with van der Waals surface area (Å²) in [5.74, 6) is -3.67. The van der Waals surface area contributed by atoms with Crippen LogP contribution in [0, 0.1) is 11.6 Å². The summed E-state index contributed by atoms with van der Waals surface area (Å²) >= 11 is 0.